The molecule has 1 aromatic heterocycles. The maximum atomic E-state index is 10.0. The molecule has 2 heterocycles. The van der Waals surface area contributed by atoms with Gasteiger partial charge in [0, 0.05) is 23.8 Å². The molecule has 17 heavy (non-hydrogen) atoms. The Labute approximate surface area is 110 Å². The molecule has 0 radical (unpaired) electrons. The molecule has 1 aliphatic rings. The molecule has 94 valence electrons. The summed E-state index contributed by atoms with van der Waals surface area (Å²) in [7, 11) is 0. The van der Waals surface area contributed by atoms with Gasteiger partial charge in [-0.25, -0.2) is 4.98 Å². The van der Waals surface area contributed by atoms with Crippen LogP contribution in [0.1, 0.15) is 26.2 Å². The Kier molecular flexibility index (Phi) is 3.58. The van der Waals surface area contributed by atoms with Crippen molar-refractivity contribution in [1.82, 2.24) is 4.98 Å². The van der Waals surface area contributed by atoms with Crippen molar-refractivity contribution >= 4 is 27.4 Å². The molecule has 1 unspecified atom stereocenters. The zero-order valence-corrected chi connectivity index (χ0v) is 11.6. The Morgan fingerprint density at radius 1 is 1.47 bits per heavy atom. The van der Waals surface area contributed by atoms with Gasteiger partial charge in [-0.2, -0.15) is 0 Å². The summed E-state index contributed by atoms with van der Waals surface area (Å²) < 4.78 is 0.889. The van der Waals surface area contributed by atoms with Crippen molar-refractivity contribution in [2.45, 2.75) is 31.8 Å². The summed E-state index contributed by atoms with van der Waals surface area (Å²) in [6, 6.07) is 1.87. The Morgan fingerprint density at radius 2 is 2.24 bits per heavy atom. The SMILES string of the molecule is CC1(O)CCCN(c2ncc(Br)cc2N)CC1. The first-order chi connectivity index (χ1) is 7.98. The lowest BCUT2D eigenvalue weighted by atomic mass is 9.98. The Balaban J connectivity index is 2.17. The van der Waals surface area contributed by atoms with E-state index in [1.807, 2.05) is 13.0 Å². The molecule has 1 atom stereocenters. The predicted molar refractivity (Wildman–Crippen MR) is 73.0 cm³/mol. The minimum Gasteiger partial charge on any atom is -0.396 e. The van der Waals surface area contributed by atoms with Gasteiger partial charge >= 0.3 is 0 Å². The molecule has 1 fully saturated rings. The minimum atomic E-state index is -0.557. The van der Waals surface area contributed by atoms with Gasteiger partial charge in [0.15, 0.2) is 5.82 Å². The first-order valence-electron chi connectivity index (χ1n) is 5.86. The van der Waals surface area contributed by atoms with Crippen molar-refractivity contribution in [3.8, 4) is 0 Å². The van der Waals surface area contributed by atoms with Gasteiger partial charge < -0.3 is 15.7 Å². The second-order valence-corrected chi connectivity index (χ2v) is 5.82. The molecule has 1 saturated heterocycles. The third-order valence-corrected chi connectivity index (χ3v) is 3.66. The van der Waals surface area contributed by atoms with Crippen molar-refractivity contribution in [2.75, 3.05) is 23.7 Å². The van der Waals surface area contributed by atoms with Crippen LogP contribution in [-0.2, 0) is 0 Å². The van der Waals surface area contributed by atoms with Crippen LogP contribution in [0.2, 0.25) is 0 Å². The van der Waals surface area contributed by atoms with Crippen molar-refractivity contribution in [3.63, 3.8) is 0 Å². The van der Waals surface area contributed by atoms with Crippen molar-refractivity contribution in [3.05, 3.63) is 16.7 Å². The molecule has 3 N–H and O–H groups in total. The highest BCUT2D eigenvalue weighted by atomic mass is 79.9. The van der Waals surface area contributed by atoms with E-state index in [2.05, 4.69) is 25.8 Å². The van der Waals surface area contributed by atoms with E-state index in [1.54, 1.807) is 6.20 Å². The third kappa shape index (κ3) is 3.10. The lowest BCUT2D eigenvalue weighted by molar-refractivity contribution is 0.0481. The fourth-order valence-corrected chi connectivity index (χ4v) is 2.54. The maximum absolute atomic E-state index is 10.0. The van der Waals surface area contributed by atoms with E-state index in [1.165, 1.54) is 0 Å². The van der Waals surface area contributed by atoms with Crippen LogP contribution in [0, 0.1) is 0 Å². The molecular weight excluding hydrogens is 282 g/mol. The van der Waals surface area contributed by atoms with E-state index < -0.39 is 5.60 Å². The topological polar surface area (TPSA) is 62.4 Å². The maximum Gasteiger partial charge on any atom is 0.151 e. The summed E-state index contributed by atoms with van der Waals surface area (Å²) in [5, 5.41) is 10.0. The fourth-order valence-electron chi connectivity index (χ4n) is 2.19. The Bertz CT molecular complexity index is 409. The minimum absolute atomic E-state index is 0.557. The number of nitrogens with zero attached hydrogens (tertiary/aromatic N) is 2. The molecular formula is C12H18BrN3O. The van der Waals surface area contributed by atoms with Gasteiger partial charge in [-0.05, 0) is 48.2 Å². The normalized spacial score (nSPS) is 25.7. The summed E-state index contributed by atoms with van der Waals surface area (Å²) in [5.41, 5.74) is 6.10. The molecule has 0 amide bonds. The van der Waals surface area contributed by atoms with Crippen molar-refractivity contribution in [1.29, 1.82) is 0 Å². The summed E-state index contributed by atoms with van der Waals surface area (Å²) >= 11 is 3.35. The third-order valence-electron chi connectivity index (χ3n) is 3.22. The molecule has 5 heteroatoms. The monoisotopic (exact) mass is 299 g/mol. The lowest BCUT2D eigenvalue weighted by Gasteiger charge is -2.24. The van der Waals surface area contributed by atoms with E-state index in [9.17, 15) is 5.11 Å². The summed E-state index contributed by atoms with van der Waals surface area (Å²) in [5.74, 6) is 0.825. The van der Waals surface area contributed by atoms with Gasteiger partial charge in [-0.15, -0.1) is 0 Å². The fraction of sp³-hybridized carbons (Fsp3) is 0.583. The van der Waals surface area contributed by atoms with E-state index in [0.717, 1.165) is 42.6 Å². The van der Waals surface area contributed by atoms with E-state index in [0.29, 0.717) is 5.69 Å². The van der Waals surface area contributed by atoms with Crippen LogP contribution in [0.15, 0.2) is 16.7 Å². The smallest absolute Gasteiger partial charge is 0.151 e. The summed E-state index contributed by atoms with van der Waals surface area (Å²) in [4.78, 5) is 6.52. The zero-order chi connectivity index (χ0) is 12.5. The summed E-state index contributed by atoms with van der Waals surface area (Å²) in [6.07, 6.45) is 4.31. The Hall–Kier alpha value is -0.810. The van der Waals surface area contributed by atoms with E-state index >= 15 is 0 Å². The highest BCUT2D eigenvalue weighted by molar-refractivity contribution is 9.10. The van der Waals surface area contributed by atoms with Gasteiger partial charge in [0.25, 0.3) is 0 Å². The average molecular weight is 300 g/mol. The van der Waals surface area contributed by atoms with Crippen LogP contribution in [-0.4, -0.2) is 28.8 Å². The largest absolute Gasteiger partial charge is 0.396 e. The number of halogens is 1. The first kappa shape index (κ1) is 12.6. The molecule has 0 spiro atoms. The standard InChI is InChI=1S/C12H18BrN3O/c1-12(17)3-2-5-16(6-4-12)11-10(14)7-9(13)8-15-11/h7-8,17H,2-6,14H2,1H3. The number of anilines is 2. The molecule has 0 aliphatic carbocycles. The molecule has 0 bridgehead atoms. The van der Waals surface area contributed by atoms with Crippen molar-refractivity contribution in [2.24, 2.45) is 0 Å². The zero-order valence-electron chi connectivity index (χ0n) is 9.99. The van der Waals surface area contributed by atoms with Crippen molar-refractivity contribution < 1.29 is 5.11 Å². The molecule has 4 nitrogen and oxygen atoms in total. The van der Waals surface area contributed by atoms with Gasteiger partial charge in [0.2, 0.25) is 0 Å². The molecule has 0 aromatic carbocycles. The second-order valence-electron chi connectivity index (χ2n) is 4.90. The van der Waals surface area contributed by atoms with Gasteiger partial charge in [-0.1, -0.05) is 0 Å². The molecule has 2 rings (SSSR count). The number of nitrogens with two attached hydrogens (primary N) is 1. The molecule has 1 aliphatic heterocycles. The highest BCUT2D eigenvalue weighted by Crippen LogP contribution is 2.28. The number of nitrogen functional groups attached to an aromatic ring is 1. The van der Waals surface area contributed by atoms with Gasteiger partial charge in [0.05, 0.1) is 11.3 Å². The van der Waals surface area contributed by atoms with Gasteiger partial charge in [-0.3, -0.25) is 0 Å². The van der Waals surface area contributed by atoms with E-state index in [-0.39, 0.29) is 0 Å². The number of aromatic nitrogens is 1. The predicted octanol–water partition coefficient (Wildman–Crippen LogP) is 2.17. The number of hydrogen-bond donors (Lipinski definition) is 2. The lowest BCUT2D eigenvalue weighted by Crippen LogP contribution is -2.29. The number of rotatable bonds is 1. The summed E-state index contributed by atoms with van der Waals surface area (Å²) in [6.45, 7) is 3.59. The number of hydrogen-bond acceptors (Lipinski definition) is 4. The van der Waals surface area contributed by atoms with Gasteiger partial charge in [0.1, 0.15) is 0 Å². The second kappa shape index (κ2) is 4.82. The van der Waals surface area contributed by atoms with Crippen LogP contribution in [0.4, 0.5) is 11.5 Å². The average Bonchev–Trinajstić information content (AvgIpc) is 2.40. The first-order valence-corrected chi connectivity index (χ1v) is 6.66. The Morgan fingerprint density at radius 3 is 2.94 bits per heavy atom. The number of pyridine rings is 1. The van der Waals surface area contributed by atoms with Crippen LogP contribution in [0.3, 0.4) is 0 Å². The van der Waals surface area contributed by atoms with Crippen LogP contribution in [0.5, 0.6) is 0 Å². The highest BCUT2D eigenvalue weighted by Gasteiger charge is 2.26. The van der Waals surface area contributed by atoms with E-state index in [4.69, 9.17) is 5.73 Å². The molecule has 1 aromatic rings. The van der Waals surface area contributed by atoms with Crippen LogP contribution >= 0.6 is 15.9 Å². The van der Waals surface area contributed by atoms with Crippen LogP contribution in [0.25, 0.3) is 0 Å². The number of aliphatic hydroxyl groups is 1. The molecule has 0 saturated carbocycles. The van der Waals surface area contributed by atoms with Crippen LogP contribution < -0.4 is 10.6 Å². The quantitative estimate of drug-likeness (QED) is 0.834.